The van der Waals surface area contributed by atoms with E-state index >= 15 is 0 Å². The van der Waals surface area contributed by atoms with Crippen LogP contribution in [0.25, 0.3) is 0 Å². The lowest BCUT2D eigenvalue weighted by atomic mass is 9.56. The monoisotopic (exact) mass is 526 g/mol. The number of benzene rings is 2. The van der Waals surface area contributed by atoms with E-state index in [0.29, 0.717) is 21.5 Å². The minimum Gasteiger partial charge on any atom is -0.353 e. The number of amides is 2. The first-order valence-corrected chi connectivity index (χ1v) is 14.1. The summed E-state index contributed by atoms with van der Waals surface area (Å²) in [4.78, 5) is 28.3. The van der Waals surface area contributed by atoms with E-state index in [2.05, 4.69) is 44.3 Å². The number of carbonyl (C=O) groups is 2. The second-order valence-corrected chi connectivity index (χ2v) is 12.2. The van der Waals surface area contributed by atoms with Crippen molar-refractivity contribution in [3.63, 3.8) is 0 Å². The fraction of sp³-hybridized carbons (Fsp3) is 0.533. The molecule has 0 radical (unpaired) electrons. The number of hydrogen-bond donors (Lipinski definition) is 1. The van der Waals surface area contributed by atoms with Crippen molar-refractivity contribution in [2.75, 3.05) is 13.1 Å². The predicted molar refractivity (Wildman–Crippen MR) is 146 cm³/mol. The van der Waals surface area contributed by atoms with Crippen LogP contribution in [0.1, 0.15) is 86.2 Å². The van der Waals surface area contributed by atoms with Crippen LogP contribution in [0.2, 0.25) is 10.0 Å². The summed E-state index contributed by atoms with van der Waals surface area (Å²) in [5, 5.41) is 4.56. The molecule has 2 saturated carbocycles. The molecule has 1 aliphatic heterocycles. The fourth-order valence-electron chi connectivity index (χ4n) is 6.81. The van der Waals surface area contributed by atoms with Crippen molar-refractivity contribution in [2.45, 2.75) is 70.8 Å². The molecule has 3 fully saturated rings. The normalized spacial score (nSPS) is 29.5. The van der Waals surface area contributed by atoms with Gasteiger partial charge in [0, 0.05) is 40.7 Å². The van der Waals surface area contributed by atoms with Gasteiger partial charge in [-0.25, -0.2) is 0 Å². The lowest BCUT2D eigenvalue weighted by Crippen LogP contribution is -2.42. The first-order valence-electron chi connectivity index (χ1n) is 13.4. The number of carbonyl (C=O) groups excluding carboxylic acids is 2. The van der Waals surface area contributed by atoms with Gasteiger partial charge >= 0.3 is 0 Å². The van der Waals surface area contributed by atoms with Crippen molar-refractivity contribution in [1.29, 1.82) is 0 Å². The lowest BCUT2D eigenvalue weighted by Gasteiger charge is -2.46. The number of halogens is 2. The average Bonchev–Trinajstić information content (AvgIpc) is 3.64. The molecule has 1 heterocycles. The zero-order valence-electron chi connectivity index (χ0n) is 21.4. The van der Waals surface area contributed by atoms with Crippen molar-refractivity contribution in [1.82, 2.24) is 10.2 Å². The molecule has 0 aromatic heterocycles. The Morgan fingerprint density at radius 2 is 1.83 bits per heavy atom. The van der Waals surface area contributed by atoms with Crippen molar-refractivity contribution < 1.29 is 9.59 Å². The van der Waals surface area contributed by atoms with Gasteiger partial charge in [0.1, 0.15) is 0 Å². The number of rotatable bonds is 7. The minimum absolute atomic E-state index is 0.0654. The summed E-state index contributed by atoms with van der Waals surface area (Å²) in [6.07, 6.45) is 5.05. The molecule has 2 aromatic carbocycles. The van der Waals surface area contributed by atoms with E-state index in [-0.39, 0.29) is 35.6 Å². The molecule has 3 aliphatic rings. The fourth-order valence-corrected chi connectivity index (χ4v) is 7.26. The van der Waals surface area contributed by atoms with Crippen molar-refractivity contribution in [2.24, 2.45) is 17.3 Å². The molecule has 4 nitrogen and oxygen atoms in total. The highest BCUT2D eigenvalue weighted by atomic mass is 35.5. The van der Waals surface area contributed by atoms with Crippen LogP contribution in [0.15, 0.2) is 42.5 Å². The van der Waals surface area contributed by atoms with E-state index in [9.17, 15) is 9.59 Å². The third kappa shape index (κ3) is 4.67. The van der Waals surface area contributed by atoms with Gasteiger partial charge in [0.15, 0.2) is 0 Å². The van der Waals surface area contributed by atoms with E-state index in [1.165, 1.54) is 18.4 Å². The van der Waals surface area contributed by atoms with Crippen LogP contribution in [0.5, 0.6) is 0 Å². The third-order valence-electron chi connectivity index (χ3n) is 8.80. The molecule has 2 amide bonds. The zero-order valence-corrected chi connectivity index (χ0v) is 22.9. The van der Waals surface area contributed by atoms with Gasteiger partial charge in [-0.3, -0.25) is 9.59 Å². The van der Waals surface area contributed by atoms with Gasteiger partial charge in [0.05, 0.1) is 5.41 Å². The Hall–Kier alpha value is -2.04. The molecule has 0 spiro atoms. The topological polar surface area (TPSA) is 49.4 Å². The van der Waals surface area contributed by atoms with Gasteiger partial charge < -0.3 is 10.2 Å². The second kappa shape index (κ2) is 10.0. The largest absolute Gasteiger partial charge is 0.353 e. The quantitative estimate of drug-likeness (QED) is 0.419. The average molecular weight is 528 g/mol. The standard InChI is InChI=1S/C30H36Cl2N2O2/c1-4-15-34(17-19-5-6-19)28(35)21-9-12-23(25(32)16-21)24-13-14-30(3)27(18(2)33-29(30)36)26(24)20-7-10-22(31)11-8-20/h7-12,16,18-19,24,26-27H,4-6,13-15,17H2,1-3H3,(H,33,36)/t18-,24+,26+,27+,30-/m1/s1. The molecular weight excluding hydrogens is 491 g/mol. The molecule has 0 unspecified atom stereocenters. The minimum atomic E-state index is -0.411. The molecule has 2 aliphatic carbocycles. The van der Waals surface area contributed by atoms with Gasteiger partial charge in [-0.05, 0) is 92.2 Å². The highest BCUT2D eigenvalue weighted by molar-refractivity contribution is 6.32. The van der Waals surface area contributed by atoms with Gasteiger partial charge in [-0.2, -0.15) is 0 Å². The van der Waals surface area contributed by atoms with Crippen LogP contribution in [-0.2, 0) is 4.79 Å². The summed E-state index contributed by atoms with van der Waals surface area (Å²) in [6, 6.07) is 14.0. The Labute approximate surface area is 224 Å². The predicted octanol–water partition coefficient (Wildman–Crippen LogP) is 7.06. The number of nitrogens with zero attached hydrogens (tertiary/aromatic N) is 1. The Morgan fingerprint density at radius 3 is 2.47 bits per heavy atom. The summed E-state index contributed by atoms with van der Waals surface area (Å²) >= 11 is 13.2. The lowest BCUT2D eigenvalue weighted by molar-refractivity contribution is -0.129. The highest BCUT2D eigenvalue weighted by Crippen LogP contribution is 2.59. The van der Waals surface area contributed by atoms with Gasteiger partial charge in [-0.1, -0.05) is 55.2 Å². The molecule has 1 saturated heterocycles. The summed E-state index contributed by atoms with van der Waals surface area (Å²) in [5.41, 5.74) is 2.49. The van der Waals surface area contributed by atoms with Gasteiger partial charge in [0.2, 0.25) is 5.91 Å². The van der Waals surface area contributed by atoms with Crippen LogP contribution in [0.3, 0.4) is 0 Å². The van der Waals surface area contributed by atoms with Crippen molar-refractivity contribution in [3.8, 4) is 0 Å². The first kappa shape index (κ1) is 25.6. The maximum atomic E-state index is 13.3. The Bertz CT molecular complexity index is 1150. The number of nitrogens with one attached hydrogen (secondary N) is 1. The van der Waals surface area contributed by atoms with E-state index in [1.54, 1.807) is 0 Å². The number of hydrogen-bond acceptors (Lipinski definition) is 2. The van der Waals surface area contributed by atoms with Gasteiger partial charge in [-0.15, -0.1) is 0 Å². The molecule has 6 heteroatoms. The molecule has 192 valence electrons. The smallest absolute Gasteiger partial charge is 0.253 e. The van der Waals surface area contributed by atoms with Crippen LogP contribution < -0.4 is 5.32 Å². The number of fused-ring (bicyclic) bond motifs is 1. The second-order valence-electron chi connectivity index (χ2n) is 11.4. The maximum absolute atomic E-state index is 13.3. The molecule has 2 aromatic rings. The van der Waals surface area contributed by atoms with Crippen molar-refractivity contribution >= 4 is 35.0 Å². The summed E-state index contributed by atoms with van der Waals surface area (Å²) in [6.45, 7) is 7.95. The SMILES string of the molecule is CCCN(CC1CC1)C(=O)c1ccc([C@@H]2CC[C@@]3(C)C(=O)N[C@H](C)[C@H]3[C@H]2c2ccc(Cl)cc2)c(Cl)c1. The highest BCUT2D eigenvalue weighted by Gasteiger charge is 2.57. The summed E-state index contributed by atoms with van der Waals surface area (Å²) in [5.74, 6) is 1.27. The summed E-state index contributed by atoms with van der Waals surface area (Å²) in [7, 11) is 0. The molecular formula is C30H36Cl2N2O2. The van der Waals surface area contributed by atoms with Crippen molar-refractivity contribution in [3.05, 3.63) is 69.2 Å². The van der Waals surface area contributed by atoms with Crippen LogP contribution in [-0.4, -0.2) is 35.8 Å². The molecule has 36 heavy (non-hydrogen) atoms. The van der Waals surface area contributed by atoms with Gasteiger partial charge in [0.25, 0.3) is 5.91 Å². The molecule has 1 N–H and O–H groups in total. The van der Waals surface area contributed by atoms with Crippen LogP contribution in [0, 0.1) is 17.3 Å². The molecule has 0 bridgehead atoms. The maximum Gasteiger partial charge on any atom is 0.253 e. The molecule has 5 atom stereocenters. The van der Waals surface area contributed by atoms with E-state index < -0.39 is 5.41 Å². The Kier molecular flexibility index (Phi) is 7.13. The Balaban J connectivity index is 1.49. The summed E-state index contributed by atoms with van der Waals surface area (Å²) < 4.78 is 0. The van der Waals surface area contributed by atoms with E-state index in [0.717, 1.165) is 37.9 Å². The Morgan fingerprint density at radius 1 is 1.11 bits per heavy atom. The third-order valence-corrected chi connectivity index (χ3v) is 9.38. The van der Waals surface area contributed by atoms with Crippen LogP contribution >= 0.6 is 23.2 Å². The van der Waals surface area contributed by atoms with Crippen LogP contribution in [0.4, 0.5) is 0 Å². The molecule has 5 rings (SSSR count). The van der Waals surface area contributed by atoms with E-state index in [4.69, 9.17) is 23.2 Å². The first-order chi connectivity index (χ1) is 17.2. The van der Waals surface area contributed by atoms with E-state index in [1.807, 2.05) is 29.2 Å². The zero-order chi connectivity index (χ0) is 25.6.